The van der Waals surface area contributed by atoms with E-state index in [9.17, 15) is 9.59 Å². The first kappa shape index (κ1) is 23.6. The molecule has 0 unspecified atom stereocenters. The Morgan fingerprint density at radius 3 is 2.54 bits per heavy atom. The van der Waals surface area contributed by atoms with Gasteiger partial charge in [-0.15, -0.1) is 0 Å². The Bertz CT molecular complexity index is 1360. The first-order chi connectivity index (χ1) is 18.0. The summed E-state index contributed by atoms with van der Waals surface area (Å²) in [5.74, 6) is 2.29. The summed E-state index contributed by atoms with van der Waals surface area (Å²) in [6.45, 7) is 4.18. The zero-order chi connectivity index (χ0) is 25.5. The molecule has 0 spiro atoms. The molecule has 2 amide bonds. The summed E-state index contributed by atoms with van der Waals surface area (Å²) >= 11 is 0. The zero-order valence-electron chi connectivity index (χ0n) is 21.1. The van der Waals surface area contributed by atoms with Gasteiger partial charge in [0.05, 0.1) is 23.3 Å². The number of fused-ring (bicyclic) bond motifs is 2. The highest BCUT2D eigenvalue weighted by Gasteiger charge is 2.30. The van der Waals surface area contributed by atoms with Crippen molar-refractivity contribution in [2.24, 2.45) is 5.92 Å². The van der Waals surface area contributed by atoms with Gasteiger partial charge in [-0.25, -0.2) is 9.97 Å². The van der Waals surface area contributed by atoms with Crippen LogP contribution in [0.4, 0.5) is 0 Å². The van der Waals surface area contributed by atoms with Crippen LogP contribution in [0.15, 0.2) is 18.5 Å². The quantitative estimate of drug-likeness (QED) is 0.447. The number of carbonyl (C=O) groups excluding carboxylic acids is 2. The molecule has 6 rings (SSSR count). The number of H-pyrrole nitrogens is 1. The van der Waals surface area contributed by atoms with Crippen LogP contribution in [0.2, 0.25) is 0 Å². The summed E-state index contributed by atoms with van der Waals surface area (Å²) in [4.78, 5) is 37.2. The number of aromatic amines is 1. The van der Waals surface area contributed by atoms with Crippen LogP contribution in [0.5, 0.6) is 17.2 Å². The molecular formula is C27H31N5O5. The molecule has 10 heteroatoms. The molecule has 1 aliphatic heterocycles. The standard InChI is InChI=1S/C27H31N5O5/c1-14-21(27(34)32-18-7-5-17(6-8-18)31-15(2)33)23-25(30-14)24(29-12-28-23)22-19(35-11-16-3-4-16)9-10-20-26(22)37-13-36-20/h9-10,12,16-18,30H,3-8,11,13H2,1-2H3,(H,31,33)(H,32,34). The SMILES string of the molecule is CC(=O)NC1CCC(NC(=O)c2c(C)[nH]c3c(-c4c(OCC5CC5)ccc5c4OCO5)ncnc23)CC1. The molecule has 194 valence electrons. The molecule has 2 saturated carbocycles. The molecule has 37 heavy (non-hydrogen) atoms. The Balaban J connectivity index is 1.30. The van der Waals surface area contributed by atoms with Crippen molar-refractivity contribution in [1.82, 2.24) is 25.6 Å². The fourth-order valence-corrected chi connectivity index (χ4v) is 5.31. The van der Waals surface area contributed by atoms with Crippen LogP contribution in [0.1, 0.15) is 61.5 Å². The van der Waals surface area contributed by atoms with Crippen molar-refractivity contribution in [3.05, 3.63) is 29.7 Å². The number of aromatic nitrogens is 3. The fraction of sp³-hybridized carbons (Fsp3) is 0.481. The van der Waals surface area contributed by atoms with Gasteiger partial charge in [-0.05, 0) is 63.5 Å². The number of nitrogens with one attached hydrogen (secondary N) is 3. The minimum atomic E-state index is -0.167. The second kappa shape index (κ2) is 9.57. The number of aryl methyl sites for hydroxylation is 1. The molecular weight excluding hydrogens is 474 g/mol. The summed E-state index contributed by atoms with van der Waals surface area (Å²) in [6.07, 6.45) is 7.14. The summed E-state index contributed by atoms with van der Waals surface area (Å²) in [7, 11) is 0. The summed E-state index contributed by atoms with van der Waals surface area (Å²) < 4.78 is 17.7. The number of nitrogens with zero attached hydrogens (tertiary/aromatic N) is 2. The topological polar surface area (TPSA) is 127 Å². The molecule has 0 atom stereocenters. The van der Waals surface area contributed by atoms with Crippen LogP contribution >= 0.6 is 0 Å². The lowest BCUT2D eigenvalue weighted by Gasteiger charge is -2.29. The summed E-state index contributed by atoms with van der Waals surface area (Å²) in [5.41, 5.74) is 3.74. The van der Waals surface area contributed by atoms with Gasteiger partial charge in [0, 0.05) is 24.7 Å². The Morgan fingerprint density at radius 1 is 1.05 bits per heavy atom. The van der Waals surface area contributed by atoms with Crippen LogP contribution in [0.25, 0.3) is 22.3 Å². The van der Waals surface area contributed by atoms with E-state index in [1.165, 1.54) is 26.1 Å². The molecule has 3 aromatic rings. The Morgan fingerprint density at radius 2 is 1.81 bits per heavy atom. The van der Waals surface area contributed by atoms with Crippen LogP contribution in [-0.4, -0.2) is 52.2 Å². The maximum Gasteiger partial charge on any atom is 0.255 e. The normalized spacial score (nSPS) is 20.6. The van der Waals surface area contributed by atoms with Gasteiger partial charge in [-0.3, -0.25) is 9.59 Å². The van der Waals surface area contributed by atoms with Crippen molar-refractivity contribution in [1.29, 1.82) is 0 Å². The van der Waals surface area contributed by atoms with Gasteiger partial charge in [0.15, 0.2) is 11.5 Å². The third-order valence-electron chi connectivity index (χ3n) is 7.38. The Hall–Kier alpha value is -3.82. The molecule has 3 N–H and O–H groups in total. The van der Waals surface area contributed by atoms with Crippen molar-refractivity contribution >= 4 is 22.8 Å². The van der Waals surface area contributed by atoms with E-state index in [2.05, 4.69) is 25.6 Å². The molecule has 2 aliphatic carbocycles. The zero-order valence-corrected chi connectivity index (χ0v) is 21.1. The highest BCUT2D eigenvalue weighted by Crippen LogP contribution is 2.48. The molecule has 3 heterocycles. The lowest BCUT2D eigenvalue weighted by atomic mass is 9.91. The average molecular weight is 506 g/mol. The predicted octanol–water partition coefficient (Wildman–Crippen LogP) is 3.63. The predicted molar refractivity (Wildman–Crippen MR) is 136 cm³/mol. The van der Waals surface area contributed by atoms with Gasteiger partial charge < -0.3 is 29.8 Å². The van der Waals surface area contributed by atoms with Crippen LogP contribution < -0.4 is 24.8 Å². The third kappa shape index (κ3) is 4.68. The molecule has 1 aromatic carbocycles. The molecule has 0 bridgehead atoms. The number of hydrogen-bond acceptors (Lipinski definition) is 7. The van der Waals surface area contributed by atoms with E-state index >= 15 is 0 Å². The molecule has 0 saturated heterocycles. The molecule has 2 aromatic heterocycles. The highest BCUT2D eigenvalue weighted by atomic mass is 16.7. The number of rotatable bonds is 7. The van der Waals surface area contributed by atoms with Crippen molar-refractivity contribution in [2.75, 3.05) is 13.4 Å². The van der Waals surface area contributed by atoms with Crippen molar-refractivity contribution < 1.29 is 23.8 Å². The van der Waals surface area contributed by atoms with E-state index in [4.69, 9.17) is 14.2 Å². The molecule has 3 aliphatic rings. The lowest BCUT2D eigenvalue weighted by Crippen LogP contribution is -2.43. The summed E-state index contributed by atoms with van der Waals surface area (Å²) in [5, 5.41) is 6.15. The number of carbonyl (C=O) groups is 2. The van der Waals surface area contributed by atoms with Crippen molar-refractivity contribution in [3.63, 3.8) is 0 Å². The van der Waals surface area contributed by atoms with E-state index in [1.807, 2.05) is 19.1 Å². The van der Waals surface area contributed by atoms with Crippen molar-refractivity contribution in [3.8, 4) is 28.5 Å². The summed E-state index contributed by atoms with van der Waals surface area (Å²) in [6, 6.07) is 3.96. The first-order valence-electron chi connectivity index (χ1n) is 12.9. The van der Waals surface area contributed by atoms with E-state index in [-0.39, 0.29) is 30.7 Å². The van der Waals surface area contributed by atoms with Crippen molar-refractivity contribution in [2.45, 2.75) is 64.5 Å². The minimum absolute atomic E-state index is 0.0143. The van der Waals surface area contributed by atoms with E-state index in [1.54, 1.807) is 0 Å². The van der Waals surface area contributed by atoms with Crippen LogP contribution in [0, 0.1) is 12.8 Å². The second-order valence-corrected chi connectivity index (χ2v) is 10.2. The second-order valence-electron chi connectivity index (χ2n) is 10.2. The molecule has 0 radical (unpaired) electrons. The van der Waals surface area contributed by atoms with Gasteiger partial charge in [0.2, 0.25) is 12.7 Å². The maximum absolute atomic E-state index is 13.4. The first-order valence-corrected chi connectivity index (χ1v) is 12.9. The molecule has 10 nitrogen and oxygen atoms in total. The number of amides is 2. The van der Waals surface area contributed by atoms with Crippen LogP contribution in [-0.2, 0) is 4.79 Å². The number of ether oxygens (including phenoxy) is 3. The van der Waals surface area contributed by atoms with E-state index in [0.717, 1.165) is 25.7 Å². The largest absolute Gasteiger partial charge is 0.492 e. The van der Waals surface area contributed by atoms with Gasteiger partial charge >= 0.3 is 0 Å². The lowest BCUT2D eigenvalue weighted by molar-refractivity contribution is -0.119. The van der Waals surface area contributed by atoms with Gasteiger partial charge in [-0.1, -0.05) is 0 Å². The Kier molecular flexibility index (Phi) is 6.10. The number of benzene rings is 1. The average Bonchev–Trinajstić information content (AvgIpc) is 3.46. The Labute approximate surface area is 214 Å². The fourth-order valence-electron chi connectivity index (χ4n) is 5.31. The van der Waals surface area contributed by atoms with Gasteiger partial charge in [0.1, 0.15) is 23.3 Å². The van der Waals surface area contributed by atoms with E-state index < -0.39 is 0 Å². The number of hydrogen-bond donors (Lipinski definition) is 3. The monoisotopic (exact) mass is 505 g/mol. The van der Waals surface area contributed by atoms with Gasteiger partial charge in [0.25, 0.3) is 5.91 Å². The maximum atomic E-state index is 13.4. The highest BCUT2D eigenvalue weighted by molar-refractivity contribution is 6.09. The third-order valence-corrected chi connectivity index (χ3v) is 7.38. The smallest absolute Gasteiger partial charge is 0.255 e. The molecule has 2 fully saturated rings. The van der Waals surface area contributed by atoms with Gasteiger partial charge in [-0.2, -0.15) is 0 Å². The van der Waals surface area contributed by atoms with E-state index in [0.29, 0.717) is 63.3 Å². The minimum Gasteiger partial charge on any atom is -0.492 e. The van der Waals surface area contributed by atoms with Crippen LogP contribution in [0.3, 0.4) is 0 Å².